The molecule has 2 aromatic rings. The number of methoxy groups -OCH3 is 1. The molecule has 0 aliphatic rings. The highest BCUT2D eigenvalue weighted by atomic mass is 32.2. The fourth-order valence-electron chi connectivity index (χ4n) is 4.89. The summed E-state index contributed by atoms with van der Waals surface area (Å²) in [6, 6.07) is 4.72. The number of ether oxygens (including phenoxy) is 2. The second kappa shape index (κ2) is 20.5. The van der Waals surface area contributed by atoms with Crippen molar-refractivity contribution in [2.45, 2.75) is 111 Å². The Kier molecular flexibility index (Phi) is 17.2. The van der Waals surface area contributed by atoms with Crippen molar-refractivity contribution in [3.8, 4) is 0 Å². The minimum absolute atomic E-state index is 0.196. The molecule has 0 unspecified atom stereocenters. The van der Waals surface area contributed by atoms with Crippen molar-refractivity contribution >= 4 is 46.5 Å². The van der Waals surface area contributed by atoms with E-state index in [9.17, 15) is 19.2 Å². The van der Waals surface area contributed by atoms with Crippen LogP contribution >= 0.6 is 11.8 Å². The van der Waals surface area contributed by atoms with Crippen LogP contribution in [0.1, 0.15) is 86.6 Å². The number of H-pyrrole nitrogens is 1. The molecule has 0 bridgehead atoms. The van der Waals surface area contributed by atoms with E-state index >= 15 is 0 Å². The Labute approximate surface area is 296 Å². The summed E-state index contributed by atoms with van der Waals surface area (Å²) in [6.07, 6.45) is 12.0. The standard InChI is InChI=1S/C38H56N4O6S/c1-25(2)14-12-15-26(3)16-13-17-27(4)20-21-49-24-33(42-37(46)48-38(6,7)8)35(44)40-28(5)34(43)41-32(36(45)47-9)22-29-23-39-31-19-11-10-18-30(29)31/h10-11,14,16,18-20,23,28,32-33,39H,12-13,15,17,21-22,24H2,1-9H3,(H,40,44)(H,41,43)(H,42,46)/t28-,32-,33-/m0/s1. The van der Waals surface area contributed by atoms with Gasteiger partial charge in [-0.05, 0) is 92.7 Å². The number of amides is 3. The van der Waals surface area contributed by atoms with Gasteiger partial charge >= 0.3 is 12.1 Å². The lowest BCUT2D eigenvalue weighted by Gasteiger charge is -2.25. The van der Waals surface area contributed by atoms with E-state index in [4.69, 9.17) is 9.47 Å². The topological polar surface area (TPSA) is 139 Å². The van der Waals surface area contributed by atoms with Crippen molar-refractivity contribution in [1.29, 1.82) is 0 Å². The van der Waals surface area contributed by atoms with E-state index in [1.165, 1.54) is 42.5 Å². The summed E-state index contributed by atoms with van der Waals surface area (Å²) in [5.41, 5.74) is 4.98. The lowest BCUT2D eigenvalue weighted by molar-refractivity contribution is -0.145. The Balaban J connectivity index is 2.00. The molecule has 2 rings (SSSR count). The molecule has 0 radical (unpaired) electrons. The number of allylic oxidation sites excluding steroid dienone is 5. The normalized spacial score (nSPS) is 14.0. The largest absolute Gasteiger partial charge is 0.467 e. The lowest BCUT2D eigenvalue weighted by Crippen LogP contribution is -2.56. The maximum atomic E-state index is 13.4. The highest BCUT2D eigenvalue weighted by Crippen LogP contribution is 2.20. The average molecular weight is 697 g/mol. The number of hydrogen-bond donors (Lipinski definition) is 4. The molecule has 3 amide bonds. The zero-order valence-electron chi connectivity index (χ0n) is 30.7. The third-order valence-electron chi connectivity index (χ3n) is 7.62. The number of rotatable bonds is 18. The predicted octanol–water partition coefficient (Wildman–Crippen LogP) is 6.92. The molecule has 0 aliphatic carbocycles. The number of fused-ring (bicyclic) bond motifs is 1. The maximum absolute atomic E-state index is 13.4. The van der Waals surface area contributed by atoms with Gasteiger partial charge in [-0.2, -0.15) is 11.8 Å². The second-order valence-electron chi connectivity index (χ2n) is 13.6. The van der Waals surface area contributed by atoms with E-state index in [1.807, 2.05) is 24.3 Å². The van der Waals surface area contributed by atoms with Crippen LogP contribution in [0.15, 0.2) is 65.4 Å². The molecule has 0 fully saturated rings. The number of aromatic nitrogens is 1. The van der Waals surface area contributed by atoms with Crippen LogP contribution in [0.25, 0.3) is 10.9 Å². The molecule has 11 heteroatoms. The summed E-state index contributed by atoms with van der Waals surface area (Å²) in [6.45, 7) is 15.2. The summed E-state index contributed by atoms with van der Waals surface area (Å²) in [7, 11) is 1.26. The zero-order chi connectivity index (χ0) is 36.6. The van der Waals surface area contributed by atoms with Gasteiger partial charge in [0.15, 0.2) is 0 Å². The number of nitrogens with one attached hydrogen (secondary N) is 4. The van der Waals surface area contributed by atoms with Crippen LogP contribution < -0.4 is 16.0 Å². The SMILES string of the molecule is COC(=O)[C@H](Cc1c[nH]c2ccccc12)NC(=O)[C@H](C)NC(=O)[C@H](CSCC=C(C)CCC=C(C)CCC=C(C)C)NC(=O)OC(C)(C)C. The quantitative estimate of drug-likeness (QED) is 0.0754. The van der Waals surface area contributed by atoms with Crippen molar-refractivity contribution in [3.63, 3.8) is 0 Å². The van der Waals surface area contributed by atoms with Gasteiger partial charge in [0.2, 0.25) is 11.8 Å². The second-order valence-corrected chi connectivity index (χ2v) is 14.6. The number of aromatic amines is 1. The van der Waals surface area contributed by atoms with Crippen LogP contribution in [-0.4, -0.2) is 71.2 Å². The Bertz CT molecular complexity index is 1500. The number of para-hydroxylation sites is 1. The van der Waals surface area contributed by atoms with Gasteiger partial charge in [0.25, 0.3) is 0 Å². The van der Waals surface area contributed by atoms with Gasteiger partial charge in [-0.25, -0.2) is 9.59 Å². The minimum Gasteiger partial charge on any atom is -0.467 e. The lowest BCUT2D eigenvalue weighted by atomic mass is 10.0. The van der Waals surface area contributed by atoms with Gasteiger partial charge in [-0.3, -0.25) is 9.59 Å². The zero-order valence-corrected chi connectivity index (χ0v) is 31.5. The fraction of sp³-hybridized carbons (Fsp3) is 0.526. The monoisotopic (exact) mass is 696 g/mol. The Morgan fingerprint density at radius 1 is 0.878 bits per heavy atom. The molecule has 1 heterocycles. The van der Waals surface area contributed by atoms with E-state index < -0.39 is 47.6 Å². The summed E-state index contributed by atoms with van der Waals surface area (Å²) >= 11 is 1.49. The summed E-state index contributed by atoms with van der Waals surface area (Å²) < 4.78 is 10.4. The van der Waals surface area contributed by atoms with Crippen LogP contribution in [0.3, 0.4) is 0 Å². The first-order chi connectivity index (χ1) is 23.1. The van der Waals surface area contributed by atoms with Crippen molar-refractivity contribution in [1.82, 2.24) is 20.9 Å². The van der Waals surface area contributed by atoms with E-state index in [2.05, 4.69) is 66.9 Å². The Morgan fingerprint density at radius 3 is 2.18 bits per heavy atom. The molecule has 0 spiro atoms. The highest BCUT2D eigenvalue weighted by Gasteiger charge is 2.29. The number of alkyl carbamates (subject to hydrolysis) is 1. The van der Waals surface area contributed by atoms with Gasteiger partial charge in [-0.1, -0.05) is 53.1 Å². The minimum atomic E-state index is -1.00. The van der Waals surface area contributed by atoms with Crippen molar-refractivity contribution in [3.05, 3.63) is 71.0 Å². The van der Waals surface area contributed by atoms with Crippen LogP contribution in [-0.2, 0) is 30.3 Å². The smallest absolute Gasteiger partial charge is 0.408 e. The maximum Gasteiger partial charge on any atom is 0.408 e. The third kappa shape index (κ3) is 15.8. The summed E-state index contributed by atoms with van der Waals surface area (Å²) in [5.74, 6) is -0.793. The van der Waals surface area contributed by atoms with Gasteiger partial charge in [-0.15, -0.1) is 0 Å². The van der Waals surface area contributed by atoms with E-state index in [1.54, 1.807) is 27.0 Å². The molecule has 4 N–H and O–H groups in total. The fourth-order valence-corrected chi connectivity index (χ4v) is 5.90. The molecule has 270 valence electrons. The number of thioether (sulfide) groups is 1. The Morgan fingerprint density at radius 2 is 1.53 bits per heavy atom. The summed E-state index contributed by atoms with van der Waals surface area (Å²) in [4.78, 5) is 55.0. The molecule has 1 aromatic carbocycles. The van der Waals surface area contributed by atoms with Crippen molar-refractivity contribution < 1.29 is 28.7 Å². The van der Waals surface area contributed by atoms with Crippen LogP contribution in [0.4, 0.5) is 4.79 Å². The van der Waals surface area contributed by atoms with Crippen LogP contribution in [0.2, 0.25) is 0 Å². The van der Waals surface area contributed by atoms with Gasteiger partial charge in [0.1, 0.15) is 23.7 Å². The number of carbonyl (C=O) groups is 4. The molecular formula is C38H56N4O6S. The van der Waals surface area contributed by atoms with Gasteiger partial charge in [0.05, 0.1) is 7.11 Å². The van der Waals surface area contributed by atoms with Crippen LogP contribution in [0, 0.1) is 0 Å². The van der Waals surface area contributed by atoms with Crippen molar-refractivity contribution in [2.24, 2.45) is 0 Å². The first-order valence-electron chi connectivity index (χ1n) is 16.8. The average Bonchev–Trinajstić information content (AvgIpc) is 3.43. The number of esters is 1. The third-order valence-corrected chi connectivity index (χ3v) is 8.59. The summed E-state index contributed by atoms with van der Waals surface area (Å²) in [5, 5.41) is 8.99. The van der Waals surface area contributed by atoms with E-state index in [-0.39, 0.29) is 12.2 Å². The first-order valence-corrected chi connectivity index (χ1v) is 18.0. The number of carbonyl (C=O) groups excluding carboxylic acids is 4. The molecule has 0 saturated carbocycles. The molecule has 49 heavy (non-hydrogen) atoms. The molecule has 0 saturated heterocycles. The number of benzene rings is 1. The molecular weight excluding hydrogens is 641 g/mol. The van der Waals surface area contributed by atoms with E-state index in [0.29, 0.717) is 5.75 Å². The van der Waals surface area contributed by atoms with Crippen molar-refractivity contribution in [2.75, 3.05) is 18.6 Å². The van der Waals surface area contributed by atoms with Gasteiger partial charge < -0.3 is 30.4 Å². The first kappa shape index (κ1) is 41.2. The molecule has 1 aromatic heterocycles. The van der Waals surface area contributed by atoms with Gasteiger partial charge in [0, 0.05) is 35.0 Å². The predicted molar refractivity (Wildman–Crippen MR) is 199 cm³/mol. The van der Waals surface area contributed by atoms with Crippen LogP contribution in [0.5, 0.6) is 0 Å². The Hall–Kier alpha value is -3.99. The van der Waals surface area contributed by atoms with E-state index in [0.717, 1.165) is 42.1 Å². The highest BCUT2D eigenvalue weighted by molar-refractivity contribution is 7.99. The molecule has 3 atom stereocenters. The molecule has 10 nitrogen and oxygen atoms in total. The molecule has 0 aliphatic heterocycles. The number of hydrogen-bond acceptors (Lipinski definition) is 7.